The van der Waals surface area contributed by atoms with Crippen molar-refractivity contribution in [2.75, 3.05) is 6.54 Å². The number of carbonyl (C=O) groups is 1. The second-order valence-corrected chi connectivity index (χ2v) is 6.63. The third-order valence-electron chi connectivity index (χ3n) is 4.31. The quantitative estimate of drug-likeness (QED) is 0.721. The lowest BCUT2D eigenvalue weighted by molar-refractivity contribution is -0.120. The van der Waals surface area contributed by atoms with Gasteiger partial charge in [-0.3, -0.25) is 9.48 Å². The van der Waals surface area contributed by atoms with E-state index in [0.717, 1.165) is 37.6 Å². The van der Waals surface area contributed by atoms with Gasteiger partial charge in [-0.15, -0.1) is 10.2 Å². The van der Waals surface area contributed by atoms with Crippen molar-refractivity contribution in [2.45, 2.75) is 44.8 Å². The summed E-state index contributed by atoms with van der Waals surface area (Å²) in [7, 11) is 1.99. The van der Waals surface area contributed by atoms with Crippen molar-refractivity contribution in [3.05, 3.63) is 29.1 Å². The molecule has 0 unspecified atom stereocenters. The molecule has 2 aromatic rings. The highest BCUT2D eigenvalue weighted by molar-refractivity contribution is 6.30. The van der Waals surface area contributed by atoms with Crippen LogP contribution in [0.3, 0.4) is 0 Å². The van der Waals surface area contributed by atoms with Crippen LogP contribution in [0.1, 0.15) is 37.3 Å². The molecule has 130 valence electrons. The summed E-state index contributed by atoms with van der Waals surface area (Å²) < 4.78 is 3.85. The Morgan fingerprint density at radius 3 is 2.88 bits per heavy atom. The first-order chi connectivity index (χ1) is 11.5. The van der Waals surface area contributed by atoms with E-state index >= 15 is 0 Å². The molecule has 0 atom stereocenters. The first-order valence-electron chi connectivity index (χ1n) is 8.07. The van der Waals surface area contributed by atoms with Crippen LogP contribution in [0.15, 0.2) is 12.4 Å². The Kier molecular flexibility index (Phi) is 5.15. The van der Waals surface area contributed by atoms with Crippen LogP contribution in [0, 0.1) is 0 Å². The lowest BCUT2D eigenvalue weighted by Gasteiger charge is -2.34. The standard InChI is InChI=1S/C15H22ClN7O/c1-10(24)19-13-5-11(6-13)15-21-20-14(22(15)2)8-17-3-4-23-9-12(16)7-18-23/h7,9,11,13,17H,3-6,8H2,1-2H3,(H,19,24). The molecule has 9 heteroatoms. The maximum Gasteiger partial charge on any atom is 0.217 e. The first kappa shape index (κ1) is 16.9. The van der Waals surface area contributed by atoms with Crippen LogP contribution in [-0.2, 0) is 24.9 Å². The van der Waals surface area contributed by atoms with Crippen LogP contribution >= 0.6 is 11.6 Å². The van der Waals surface area contributed by atoms with Crippen LogP contribution < -0.4 is 10.6 Å². The fourth-order valence-corrected chi connectivity index (χ4v) is 3.13. The number of hydrogen-bond donors (Lipinski definition) is 2. The van der Waals surface area contributed by atoms with Crippen LogP contribution in [0.4, 0.5) is 0 Å². The van der Waals surface area contributed by atoms with Gasteiger partial charge in [0.15, 0.2) is 0 Å². The first-order valence-corrected chi connectivity index (χ1v) is 8.44. The third kappa shape index (κ3) is 3.93. The van der Waals surface area contributed by atoms with Gasteiger partial charge in [0.05, 0.1) is 24.3 Å². The summed E-state index contributed by atoms with van der Waals surface area (Å²) in [5.41, 5.74) is 0. The average molecular weight is 352 g/mol. The summed E-state index contributed by atoms with van der Waals surface area (Å²) in [6, 6.07) is 0.270. The number of aromatic nitrogens is 5. The minimum atomic E-state index is 0.0276. The van der Waals surface area contributed by atoms with E-state index in [-0.39, 0.29) is 11.9 Å². The molecule has 1 fully saturated rings. The van der Waals surface area contributed by atoms with E-state index in [1.165, 1.54) is 0 Å². The summed E-state index contributed by atoms with van der Waals surface area (Å²) in [5, 5.41) is 19.6. The molecule has 1 aliphatic carbocycles. The van der Waals surface area contributed by atoms with Crippen molar-refractivity contribution in [1.29, 1.82) is 0 Å². The van der Waals surface area contributed by atoms with Gasteiger partial charge in [0.1, 0.15) is 11.6 Å². The molecule has 2 aromatic heterocycles. The Hall–Kier alpha value is -1.93. The van der Waals surface area contributed by atoms with Gasteiger partial charge in [-0.2, -0.15) is 5.10 Å². The molecule has 0 bridgehead atoms. The molecule has 1 amide bonds. The largest absolute Gasteiger partial charge is 0.354 e. The van der Waals surface area contributed by atoms with Gasteiger partial charge in [-0.05, 0) is 12.8 Å². The van der Waals surface area contributed by atoms with Crippen molar-refractivity contribution < 1.29 is 4.79 Å². The van der Waals surface area contributed by atoms with Crippen LogP contribution in [0.2, 0.25) is 5.02 Å². The van der Waals surface area contributed by atoms with Gasteiger partial charge in [0.2, 0.25) is 5.91 Å². The average Bonchev–Trinajstić information content (AvgIpc) is 3.05. The molecule has 0 spiro atoms. The number of halogens is 1. The van der Waals surface area contributed by atoms with Crippen LogP contribution in [0.25, 0.3) is 0 Å². The van der Waals surface area contributed by atoms with Crippen molar-refractivity contribution in [2.24, 2.45) is 7.05 Å². The van der Waals surface area contributed by atoms with Crippen molar-refractivity contribution in [3.63, 3.8) is 0 Å². The molecule has 0 saturated heterocycles. The highest BCUT2D eigenvalue weighted by Gasteiger charge is 2.34. The molecule has 1 saturated carbocycles. The molecule has 0 radical (unpaired) electrons. The van der Waals surface area contributed by atoms with Crippen molar-refractivity contribution >= 4 is 17.5 Å². The second-order valence-electron chi connectivity index (χ2n) is 6.20. The third-order valence-corrected chi connectivity index (χ3v) is 4.51. The Labute approximate surface area is 145 Å². The van der Waals surface area contributed by atoms with E-state index in [0.29, 0.717) is 17.5 Å². The zero-order valence-corrected chi connectivity index (χ0v) is 14.6. The summed E-state index contributed by atoms with van der Waals surface area (Å²) >= 11 is 5.83. The summed E-state index contributed by atoms with van der Waals surface area (Å²) in [4.78, 5) is 11.0. The SMILES string of the molecule is CC(=O)NC1CC(c2nnc(CNCCn3cc(Cl)cn3)n2C)C1. The number of rotatable bonds is 7. The normalized spacial score (nSPS) is 20.0. The monoisotopic (exact) mass is 351 g/mol. The smallest absolute Gasteiger partial charge is 0.217 e. The number of nitrogens with zero attached hydrogens (tertiary/aromatic N) is 5. The highest BCUT2D eigenvalue weighted by atomic mass is 35.5. The van der Waals surface area contributed by atoms with E-state index in [1.807, 2.05) is 11.6 Å². The molecule has 24 heavy (non-hydrogen) atoms. The minimum absolute atomic E-state index is 0.0276. The Morgan fingerprint density at radius 2 is 2.21 bits per heavy atom. The fourth-order valence-electron chi connectivity index (χ4n) is 2.97. The molecule has 8 nitrogen and oxygen atoms in total. The zero-order chi connectivity index (χ0) is 17.1. The maximum absolute atomic E-state index is 11.0. The summed E-state index contributed by atoms with van der Waals surface area (Å²) in [6.07, 6.45) is 5.28. The maximum atomic E-state index is 11.0. The topological polar surface area (TPSA) is 89.7 Å². The second kappa shape index (κ2) is 7.31. The molecule has 2 N–H and O–H groups in total. The number of hydrogen-bond acceptors (Lipinski definition) is 5. The Morgan fingerprint density at radius 1 is 1.42 bits per heavy atom. The molecule has 0 aromatic carbocycles. The molecular formula is C15H22ClN7O. The Balaban J connectivity index is 1.44. The summed E-state index contributed by atoms with van der Waals surface area (Å²) in [5.74, 6) is 2.30. The van der Waals surface area contributed by atoms with Crippen molar-refractivity contribution in [3.8, 4) is 0 Å². The summed E-state index contributed by atoms with van der Waals surface area (Å²) in [6.45, 7) is 3.73. The lowest BCUT2D eigenvalue weighted by Crippen LogP contribution is -2.43. The molecule has 3 rings (SSSR count). The van der Waals surface area contributed by atoms with E-state index in [9.17, 15) is 4.79 Å². The van der Waals surface area contributed by atoms with Crippen LogP contribution in [-0.4, -0.2) is 43.0 Å². The number of nitrogens with one attached hydrogen (secondary N) is 2. The van der Waals surface area contributed by atoms with E-state index in [2.05, 4.69) is 25.9 Å². The number of carbonyl (C=O) groups excluding carboxylic acids is 1. The number of amides is 1. The molecular weight excluding hydrogens is 330 g/mol. The predicted octanol–water partition coefficient (Wildman–Crippen LogP) is 0.837. The fraction of sp³-hybridized carbons (Fsp3) is 0.600. The van der Waals surface area contributed by atoms with E-state index in [1.54, 1.807) is 24.0 Å². The van der Waals surface area contributed by atoms with Gasteiger partial charge >= 0.3 is 0 Å². The van der Waals surface area contributed by atoms with E-state index < -0.39 is 0 Å². The molecule has 2 heterocycles. The predicted molar refractivity (Wildman–Crippen MR) is 89.5 cm³/mol. The molecule has 0 aliphatic heterocycles. The van der Waals surface area contributed by atoms with Gasteiger partial charge < -0.3 is 15.2 Å². The van der Waals surface area contributed by atoms with Gasteiger partial charge in [-0.25, -0.2) is 0 Å². The van der Waals surface area contributed by atoms with Gasteiger partial charge in [0.25, 0.3) is 0 Å². The van der Waals surface area contributed by atoms with Crippen LogP contribution in [0.5, 0.6) is 0 Å². The van der Waals surface area contributed by atoms with Gasteiger partial charge in [-0.1, -0.05) is 11.6 Å². The Bertz CT molecular complexity index is 704. The molecule has 1 aliphatic rings. The lowest BCUT2D eigenvalue weighted by atomic mass is 9.79. The van der Waals surface area contributed by atoms with Gasteiger partial charge in [0, 0.05) is 38.7 Å². The minimum Gasteiger partial charge on any atom is -0.354 e. The zero-order valence-electron chi connectivity index (χ0n) is 13.9. The highest BCUT2D eigenvalue weighted by Crippen LogP contribution is 2.35. The van der Waals surface area contributed by atoms with Crippen molar-refractivity contribution in [1.82, 2.24) is 35.2 Å². The van der Waals surface area contributed by atoms with E-state index in [4.69, 9.17) is 11.6 Å².